The molecule has 0 bridgehead atoms. The lowest BCUT2D eigenvalue weighted by Crippen LogP contribution is -2.57. The molecule has 1 unspecified atom stereocenters. The second-order valence-electron chi connectivity index (χ2n) is 7.54. The van der Waals surface area contributed by atoms with Gasteiger partial charge in [0.05, 0.1) is 23.0 Å². The van der Waals surface area contributed by atoms with Crippen molar-refractivity contribution < 1.29 is 9.53 Å². The molecular weight excluding hydrogens is 342 g/mol. The van der Waals surface area contributed by atoms with E-state index in [1.807, 2.05) is 12.1 Å². The summed E-state index contributed by atoms with van der Waals surface area (Å²) in [5.74, 6) is 1.38. The Labute approximate surface area is 158 Å². The summed E-state index contributed by atoms with van der Waals surface area (Å²) in [5.41, 5.74) is 3.21. The second-order valence-corrected chi connectivity index (χ2v) is 7.54. The first-order chi connectivity index (χ1) is 13.2. The van der Waals surface area contributed by atoms with E-state index in [0.29, 0.717) is 23.2 Å². The predicted octanol–water partition coefficient (Wildman–Crippen LogP) is 2.39. The zero-order valence-corrected chi connectivity index (χ0v) is 15.4. The van der Waals surface area contributed by atoms with Crippen molar-refractivity contribution in [3.63, 3.8) is 0 Å². The van der Waals surface area contributed by atoms with Crippen molar-refractivity contribution in [3.8, 4) is 5.75 Å². The van der Waals surface area contributed by atoms with Crippen molar-refractivity contribution in [2.75, 3.05) is 36.5 Å². The fraction of sp³-hybridized carbons (Fsp3) is 0.450. The molecule has 1 saturated heterocycles. The van der Waals surface area contributed by atoms with Crippen LogP contribution in [-0.2, 0) is 0 Å². The van der Waals surface area contributed by atoms with E-state index in [1.54, 1.807) is 6.92 Å². The molecule has 2 fully saturated rings. The van der Waals surface area contributed by atoms with Crippen LogP contribution in [0.5, 0.6) is 5.75 Å². The summed E-state index contributed by atoms with van der Waals surface area (Å²) in [6, 6.07) is 7.40. The largest absolute Gasteiger partial charge is 0.489 e. The summed E-state index contributed by atoms with van der Waals surface area (Å²) >= 11 is 0. The summed E-state index contributed by atoms with van der Waals surface area (Å²) in [5, 5.41) is 3.20. The summed E-state index contributed by atoms with van der Waals surface area (Å²) in [7, 11) is 0. The molecule has 2 aromatic rings. The van der Waals surface area contributed by atoms with E-state index in [9.17, 15) is 4.79 Å². The number of carbonyl (C=O) groups excluding carboxylic acids is 1. The Bertz CT molecular complexity index is 883. The Hall–Kier alpha value is -2.67. The van der Waals surface area contributed by atoms with Crippen LogP contribution in [0.4, 0.5) is 17.3 Å². The minimum atomic E-state index is 0.438. The number of hydrogen-bond donors (Lipinski definition) is 1. The normalized spacial score (nSPS) is 21.8. The van der Waals surface area contributed by atoms with Gasteiger partial charge in [-0.05, 0) is 31.9 Å². The van der Waals surface area contributed by atoms with Gasteiger partial charge in [-0.25, -0.2) is 9.97 Å². The smallest absolute Gasteiger partial charge is 0.227 e. The van der Waals surface area contributed by atoms with Crippen molar-refractivity contribution in [3.05, 3.63) is 35.7 Å². The van der Waals surface area contributed by atoms with Crippen molar-refractivity contribution in [1.82, 2.24) is 14.9 Å². The molecule has 1 aromatic carbocycles. The number of aromatic nitrogens is 2. The third-order valence-electron chi connectivity index (χ3n) is 5.68. The lowest BCUT2D eigenvalue weighted by Gasteiger charge is -2.45. The molecule has 2 aliphatic heterocycles. The standard InChI is InChI=1S/C20H23N5O2/c1-13-14(11-26)9-21-20(22-13)23-15-2-5-18-19(8-15)27-12-17-10-24(16-3-4-16)6-7-25(17)18/h2,5,8-9,11,16-17H,3-4,6-7,10,12H2,1H3,(H,21,22,23). The molecule has 1 aliphatic carbocycles. The van der Waals surface area contributed by atoms with Crippen LogP contribution in [0.3, 0.4) is 0 Å². The maximum atomic E-state index is 10.9. The van der Waals surface area contributed by atoms with Crippen LogP contribution in [0.1, 0.15) is 28.9 Å². The zero-order valence-electron chi connectivity index (χ0n) is 15.4. The molecule has 1 saturated carbocycles. The highest BCUT2D eigenvalue weighted by atomic mass is 16.5. The number of aldehydes is 1. The molecule has 7 nitrogen and oxygen atoms in total. The maximum Gasteiger partial charge on any atom is 0.227 e. The number of aryl methyl sites for hydroxylation is 1. The number of nitrogens with zero attached hydrogens (tertiary/aromatic N) is 4. The molecule has 1 N–H and O–H groups in total. The number of anilines is 3. The highest BCUT2D eigenvalue weighted by Gasteiger charge is 2.38. The first-order valence-electron chi connectivity index (χ1n) is 9.54. The predicted molar refractivity (Wildman–Crippen MR) is 103 cm³/mol. The number of carbonyl (C=O) groups is 1. The summed E-state index contributed by atoms with van der Waals surface area (Å²) < 4.78 is 6.08. The van der Waals surface area contributed by atoms with Crippen LogP contribution >= 0.6 is 0 Å². The van der Waals surface area contributed by atoms with E-state index in [-0.39, 0.29) is 0 Å². The highest BCUT2D eigenvalue weighted by molar-refractivity contribution is 5.76. The van der Waals surface area contributed by atoms with Gasteiger partial charge in [-0.15, -0.1) is 0 Å². The van der Waals surface area contributed by atoms with Gasteiger partial charge < -0.3 is 15.0 Å². The lowest BCUT2D eigenvalue weighted by molar-refractivity contribution is 0.112. The van der Waals surface area contributed by atoms with Gasteiger partial charge in [0, 0.05) is 43.6 Å². The summed E-state index contributed by atoms with van der Waals surface area (Å²) in [6.45, 7) is 5.81. The molecule has 27 heavy (non-hydrogen) atoms. The van der Waals surface area contributed by atoms with Gasteiger partial charge in [0.25, 0.3) is 0 Å². The van der Waals surface area contributed by atoms with Gasteiger partial charge in [-0.3, -0.25) is 9.69 Å². The second kappa shape index (κ2) is 6.49. The van der Waals surface area contributed by atoms with Crippen LogP contribution in [0.2, 0.25) is 0 Å². The van der Waals surface area contributed by atoms with Crippen molar-refractivity contribution in [2.24, 2.45) is 0 Å². The Morgan fingerprint density at radius 2 is 2.15 bits per heavy atom. The van der Waals surface area contributed by atoms with Crippen LogP contribution in [-0.4, -0.2) is 59.5 Å². The average molecular weight is 365 g/mol. The Kier molecular flexibility index (Phi) is 3.97. The number of benzene rings is 1. The van der Waals surface area contributed by atoms with E-state index >= 15 is 0 Å². The van der Waals surface area contributed by atoms with Gasteiger partial charge >= 0.3 is 0 Å². The van der Waals surface area contributed by atoms with Crippen LogP contribution in [0.25, 0.3) is 0 Å². The van der Waals surface area contributed by atoms with Crippen LogP contribution in [0.15, 0.2) is 24.4 Å². The fourth-order valence-corrected chi connectivity index (χ4v) is 4.02. The number of hydrogen-bond acceptors (Lipinski definition) is 7. The first-order valence-corrected chi connectivity index (χ1v) is 9.54. The quantitative estimate of drug-likeness (QED) is 0.834. The Morgan fingerprint density at radius 3 is 2.93 bits per heavy atom. The maximum absolute atomic E-state index is 10.9. The molecule has 140 valence electrons. The number of fused-ring (bicyclic) bond motifs is 3. The number of ether oxygens (including phenoxy) is 1. The minimum absolute atomic E-state index is 0.438. The van der Waals surface area contributed by atoms with E-state index in [4.69, 9.17) is 4.74 Å². The molecule has 1 aromatic heterocycles. The van der Waals surface area contributed by atoms with Crippen molar-refractivity contribution >= 4 is 23.6 Å². The highest BCUT2D eigenvalue weighted by Crippen LogP contribution is 2.39. The lowest BCUT2D eigenvalue weighted by atomic mass is 10.1. The summed E-state index contributed by atoms with van der Waals surface area (Å²) in [4.78, 5) is 24.6. The third kappa shape index (κ3) is 3.12. The van der Waals surface area contributed by atoms with Gasteiger partial charge in [0.1, 0.15) is 12.4 Å². The molecule has 7 heteroatoms. The van der Waals surface area contributed by atoms with E-state index in [1.165, 1.54) is 24.7 Å². The van der Waals surface area contributed by atoms with Gasteiger partial charge in [0.2, 0.25) is 5.95 Å². The summed E-state index contributed by atoms with van der Waals surface area (Å²) in [6.07, 6.45) is 5.02. The molecule has 3 heterocycles. The van der Waals surface area contributed by atoms with E-state index in [2.05, 4.69) is 31.2 Å². The van der Waals surface area contributed by atoms with Gasteiger partial charge in [-0.1, -0.05) is 0 Å². The third-order valence-corrected chi connectivity index (χ3v) is 5.68. The molecule has 3 aliphatic rings. The molecule has 0 amide bonds. The van der Waals surface area contributed by atoms with Crippen molar-refractivity contribution in [1.29, 1.82) is 0 Å². The van der Waals surface area contributed by atoms with Crippen LogP contribution in [0, 0.1) is 6.92 Å². The molecule has 0 spiro atoms. The van der Waals surface area contributed by atoms with Crippen molar-refractivity contribution in [2.45, 2.75) is 31.8 Å². The monoisotopic (exact) mass is 365 g/mol. The Balaban J connectivity index is 1.33. The van der Waals surface area contributed by atoms with E-state index in [0.717, 1.165) is 50.0 Å². The molecular formula is C20H23N5O2. The van der Waals surface area contributed by atoms with E-state index < -0.39 is 0 Å². The number of piperazine rings is 1. The Morgan fingerprint density at radius 1 is 1.26 bits per heavy atom. The fourth-order valence-electron chi connectivity index (χ4n) is 4.02. The molecule has 1 atom stereocenters. The van der Waals surface area contributed by atoms with Crippen LogP contribution < -0.4 is 15.0 Å². The average Bonchev–Trinajstić information content (AvgIpc) is 3.53. The SMILES string of the molecule is Cc1nc(Nc2ccc3c(c2)OCC2CN(C4CC4)CCN32)ncc1C=O. The first kappa shape index (κ1) is 16.5. The zero-order chi connectivity index (χ0) is 18.4. The molecule has 0 radical (unpaired) electrons. The topological polar surface area (TPSA) is 70.6 Å². The minimum Gasteiger partial charge on any atom is -0.489 e. The number of nitrogens with one attached hydrogen (secondary N) is 1. The van der Waals surface area contributed by atoms with Gasteiger partial charge in [-0.2, -0.15) is 0 Å². The molecule has 5 rings (SSSR count). The van der Waals surface area contributed by atoms with Gasteiger partial charge in [0.15, 0.2) is 6.29 Å². The number of rotatable bonds is 4.